The zero-order valence-corrected chi connectivity index (χ0v) is 12.7. The first-order valence-corrected chi connectivity index (χ1v) is 7.78. The van der Waals surface area contributed by atoms with Crippen LogP contribution in [0.4, 0.5) is 5.69 Å². The molecule has 110 valence electrons. The number of hydrogen-bond acceptors (Lipinski definition) is 2. The molecule has 0 atom stereocenters. The van der Waals surface area contributed by atoms with Crippen LogP contribution in [-0.4, -0.2) is 19.0 Å². The van der Waals surface area contributed by atoms with Crippen molar-refractivity contribution in [1.82, 2.24) is 0 Å². The molecule has 0 aromatic heterocycles. The van der Waals surface area contributed by atoms with E-state index in [-0.39, 0.29) is 11.3 Å². The number of rotatable bonds is 6. The van der Waals surface area contributed by atoms with E-state index in [1.807, 2.05) is 17.0 Å². The van der Waals surface area contributed by atoms with Crippen LogP contribution < -0.4 is 10.6 Å². The highest BCUT2D eigenvalue weighted by Gasteiger charge is 2.40. The summed E-state index contributed by atoms with van der Waals surface area (Å²) >= 11 is 0. The molecule has 1 heterocycles. The SMILES string of the molecule is CCCC(CN)(CCC)C(=O)N1CCc2ccccc21. The molecule has 1 aliphatic rings. The van der Waals surface area contributed by atoms with E-state index in [1.165, 1.54) is 5.56 Å². The fourth-order valence-corrected chi connectivity index (χ4v) is 3.42. The second kappa shape index (κ2) is 6.40. The predicted molar refractivity (Wildman–Crippen MR) is 83.8 cm³/mol. The quantitative estimate of drug-likeness (QED) is 0.866. The van der Waals surface area contributed by atoms with Crippen LogP contribution in [0.2, 0.25) is 0 Å². The smallest absolute Gasteiger partial charge is 0.234 e. The van der Waals surface area contributed by atoms with Gasteiger partial charge < -0.3 is 10.6 Å². The van der Waals surface area contributed by atoms with Gasteiger partial charge >= 0.3 is 0 Å². The third kappa shape index (κ3) is 2.59. The first kappa shape index (κ1) is 15.0. The lowest BCUT2D eigenvalue weighted by Gasteiger charge is -2.35. The maximum atomic E-state index is 13.1. The van der Waals surface area contributed by atoms with Crippen molar-refractivity contribution in [3.8, 4) is 0 Å². The van der Waals surface area contributed by atoms with Gasteiger partial charge in [-0.15, -0.1) is 0 Å². The summed E-state index contributed by atoms with van der Waals surface area (Å²) in [6.07, 6.45) is 4.72. The number of anilines is 1. The molecule has 3 heteroatoms. The molecule has 0 saturated heterocycles. The van der Waals surface area contributed by atoms with E-state index in [1.54, 1.807) is 0 Å². The first-order valence-electron chi connectivity index (χ1n) is 7.78. The third-order valence-electron chi connectivity index (χ3n) is 4.43. The van der Waals surface area contributed by atoms with Crippen LogP contribution in [0.25, 0.3) is 0 Å². The maximum Gasteiger partial charge on any atom is 0.234 e. The zero-order valence-electron chi connectivity index (χ0n) is 12.7. The molecule has 0 spiro atoms. The molecule has 1 aliphatic heterocycles. The number of carbonyl (C=O) groups excluding carboxylic acids is 1. The Morgan fingerprint density at radius 1 is 1.25 bits per heavy atom. The van der Waals surface area contributed by atoms with Gasteiger partial charge in [-0.05, 0) is 30.9 Å². The van der Waals surface area contributed by atoms with E-state index in [9.17, 15) is 4.79 Å². The van der Waals surface area contributed by atoms with Crippen molar-refractivity contribution in [2.24, 2.45) is 11.1 Å². The van der Waals surface area contributed by atoms with Crippen LogP contribution in [0.15, 0.2) is 24.3 Å². The van der Waals surface area contributed by atoms with Crippen LogP contribution in [0.1, 0.15) is 45.1 Å². The fourth-order valence-electron chi connectivity index (χ4n) is 3.42. The van der Waals surface area contributed by atoms with E-state index in [0.717, 1.165) is 44.3 Å². The lowest BCUT2D eigenvalue weighted by atomic mass is 9.78. The molecule has 1 aromatic carbocycles. The van der Waals surface area contributed by atoms with Gasteiger partial charge in [0.1, 0.15) is 0 Å². The van der Waals surface area contributed by atoms with Crippen LogP contribution in [-0.2, 0) is 11.2 Å². The Bertz CT molecular complexity index is 464. The van der Waals surface area contributed by atoms with Gasteiger partial charge in [0.25, 0.3) is 0 Å². The van der Waals surface area contributed by atoms with Crippen molar-refractivity contribution in [3.05, 3.63) is 29.8 Å². The Kier molecular flexibility index (Phi) is 4.81. The highest BCUT2D eigenvalue weighted by molar-refractivity contribution is 5.99. The number of benzene rings is 1. The molecule has 2 rings (SSSR count). The van der Waals surface area contributed by atoms with Crippen molar-refractivity contribution in [1.29, 1.82) is 0 Å². The summed E-state index contributed by atoms with van der Waals surface area (Å²) in [5, 5.41) is 0. The molecule has 0 fully saturated rings. The predicted octanol–water partition coefficient (Wildman–Crippen LogP) is 3.12. The van der Waals surface area contributed by atoms with Crippen LogP contribution in [0, 0.1) is 5.41 Å². The highest BCUT2D eigenvalue weighted by atomic mass is 16.2. The van der Waals surface area contributed by atoms with Crippen molar-refractivity contribution < 1.29 is 4.79 Å². The van der Waals surface area contributed by atoms with Gasteiger partial charge in [0, 0.05) is 18.8 Å². The number of nitrogens with zero attached hydrogens (tertiary/aromatic N) is 1. The van der Waals surface area contributed by atoms with Gasteiger partial charge in [-0.1, -0.05) is 44.9 Å². The van der Waals surface area contributed by atoms with Crippen molar-refractivity contribution in [2.75, 3.05) is 18.0 Å². The molecule has 0 saturated carbocycles. The highest BCUT2D eigenvalue weighted by Crippen LogP contribution is 2.36. The number of fused-ring (bicyclic) bond motifs is 1. The molecule has 2 N–H and O–H groups in total. The summed E-state index contributed by atoms with van der Waals surface area (Å²) in [6.45, 7) is 5.51. The van der Waals surface area contributed by atoms with Crippen LogP contribution >= 0.6 is 0 Å². The van der Waals surface area contributed by atoms with E-state index in [0.29, 0.717) is 6.54 Å². The normalized spacial score (nSPS) is 14.4. The summed E-state index contributed by atoms with van der Waals surface area (Å²) in [5.74, 6) is 0.230. The van der Waals surface area contributed by atoms with Crippen LogP contribution in [0.3, 0.4) is 0 Å². The molecular formula is C17H26N2O. The largest absolute Gasteiger partial charge is 0.329 e. The standard InChI is InChI=1S/C17H26N2O/c1-3-10-17(13-18,11-4-2)16(20)19-12-9-14-7-5-6-8-15(14)19/h5-8H,3-4,9-13,18H2,1-2H3. The summed E-state index contributed by atoms with van der Waals surface area (Å²) in [6, 6.07) is 8.22. The molecule has 0 aliphatic carbocycles. The molecule has 3 nitrogen and oxygen atoms in total. The van der Waals surface area contributed by atoms with Gasteiger partial charge in [0.2, 0.25) is 5.91 Å². The lowest BCUT2D eigenvalue weighted by Crippen LogP contribution is -2.47. The van der Waals surface area contributed by atoms with Gasteiger partial charge in [0.15, 0.2) is 0 Å². The summed E-state index contributed by atoms with van der Waals surface area (Å²) in [5.41, 5.74) is 8.01. The van der Waals surface area contributed by atoms with Crippen LogP contribution in [0.5, 0.6) is 0 Å². The molecule has 20 heavy (non-hydrogen) atoms. The minimum absolute atomic E-state index is 0.230. The van der Waals surface area contributed by atoms with Crippen molar-refractivity contribution in [3.63, 3.8) is 0 Å². The van der Waals surface area contributed by atoms with Gasteiger partial charge in [0.05, 0.1) is 5.41 Å². The monoisotopic (exact) mass is 274 g/mol. The molecule has 0 radical (unpaired) electrons. The van der Waals surface area contributed by atoms with Gasteiger partial charge in [-0.2, -0.15) is 0 Å². The van der Waals surface area contributed by atoms with Gasteiger partial charge in [-0.3, -0.25) is 4.79 Å². The second-order valence-corrected chi connectivity index (χ2v) is 5.82. The summed E-state index contributed by atoms with van der Waals surface area (Å²) < 4.78 is 0. The Balaban J connectivity index is 2.29. The van der Waals surface area contributed by atoms with E-state index < -0.39 is 0 Å². The molecule has 0 bridgehead atoms. The van der Waals surface area contributed by atoms with E-state index in [4.69, 9.17) is 5.73 Å². The number of nitrogens with two attached hydrogens (primary N) is 1. The number of para-hydroxylation sites is 1. The number of amides is 1. The third-order valence-corrected chi connectivity index (χ3v) is 4.43. The average molecular weight is 274 g/mol. The summed E-state index contributed by atoms with van der Waals surface area (Å²) in [7, 11) is 0. The Hall–Kier alpha value is -1.35. The Morgan fingerprint density at radius 2 is 1.90 bits per heavy atom. The number of carbonyl (C=O) groups is 1. The van der Waals surface area contributed by atoms with Crippen molar-refractivity contribution in [2.45, 2.75) is 46.0 Å². The Morgan fingerprint density at radius 3 is 2.50 bits per heavy atom. The lowest BCUT2D eigenvalue weighted by molar-refractivity contribution is -0.128. The average Bonchev–Trinajstić information content (AvgIpc) is 2.90. The first-order chi connectivity index (χ1) is 9.68. The van der Waals surface area contributed by atoms with Crippen molar-refractivity contribution >= 4 is 11.6 Å². The fraction of sp³-hybridized carbons (Fsp3) is 0.588. The zero-order chi connectivity index (χ0) is 14.6. The van der Waals surface area contributed by atoms with Gasteiger partial charge in [-0.25, -0.2) is 0 Å². The molecular weight excluding hydrogens is 248 g/mol. The summed E-state index contributed by atoms with van der Waals surface area (Å²) in [4.78, 5) is 15.1. The molecule has 1 aromatic rings. The molecule has 0 unspecified atom stereocenters. The van der Waals surface area contributed by atoms with E-state index >= 15 is 0 Å². The topological polar surface area (TPSA) is 46.3 Å². The maximum absolute atomic E-state index is 13.1. The minimum atomic E-state index is -0.374. The van der Waals surface area contributed by atoms with E-state index in [2.05, 4.69) is 26.0 Å². The number of hydrogen-bond donors (Lipinski definition) is 1. The minimum Gasteiger partial charge on any atom is -0.329 e. The Labute approximate surface area is 122 Å². The second-order valence-electron chi connectivity index (χ2n) is 5.82. The molecule has 1 amide bonds.